The molecule has 2 heterocycles. The molecule has 2 atom stereocenters. The van der Waals surface area contributed by atoms with Crippen molar-refractivity contribution in [2.45, 2.75) is 45.2 Å². The lowest BCUT2D eigenvalue weighted by Crippen LogP contribution is -2.51. The van der Waals surface area contributed by atoms with Crippen LogP contribution in [0.15, 0.2) is 0 Å². The standard InChI is InChI=1S/C14H25F3N2/c1-2-13(6-4-7-18-10-13)11-19-8-3-5-12(9-19)14(15,16)17/h12,18H,2-11H2,1H3. The minimum absolute atomic E-state index is 0.186. The number of hydrogen-bond donors (Lipinski definition) is 1. The van der Waals surface area contributed by atoms with Gasteiger partial charge in [-0.15, -0.1) is 0 Å². The van der Waals surface area contributed by atoms with E-state index in [9.17, 15) is 13.2 Å². The van der Waals surface area contributed by atoms with Gasteiger partial charge in [-0.25, -0.2) is 0 Å². The molecule has 2 saturated heterocycles. The maximum Gasteiger partial charge on any atom is 0.393 e. The summed E-state index contributed by atoms with van der Waals surface area (Å²) in [4.78, 5) is 2.05. The Morgan fingerprint density at radius 2 is 2.11 bits per heavy atom. The zero-order valence-corrected chi connectivity index (χ0v) is 11.7. The molecule has 0 aliphatic carbocycles. The highest BCUT2D eigenvalue weighted by Gasteiger charge is 2.43. The molecule has 0 spiro atoms. The van der Waals surface area contributed by atoms with Crippen LogP contribution in [0.5, 0.6) is 0 Å². The SMILES string of the molecule is CCC1(CN2CCCC(C(F)(F)F)C2)CCCNC1. The number of alkyl halides is 3. The van der Waals surface area contributed by atoms with Gasteiger partial charge in [-0.1, -0.05) is 6.92 Å². The number of halogens is 3. The molecule has 5 heteroatoms. The number of nitrogens with one attached hydrogen (secondary N) is 1. The molecule has 0 aromatic heterocycles. The third-order valence-electron chi connectivity index (χ3n) is 4.84. The van der Waals surface area contributed by atoms with Crippen molar-refractivity contribution in [1.82, 2.24) is 10.2 Å². The summed E-state index contributed by atoms with van der Waals surface area (Å²) in [6.07, 6.45) is 0.291. The van der Waals surface area contributed by atoms with Gasteiger partial charge in [-0.05, 0) is 50.6 Å². The molecule has 112 valence electrons. The molecule has 0 radical (unpaired) electrons. The van der Waals surface area contributed by atoms with Gasteiger partial charge < -0.3 is 10.2 Å². The average Bonchev–Trinajstić information content (AvgIpc) is 2.39. The molecule has 2 aliphatic heterocycles. The van der Waals surface area contributed by atoms with E-state index < -0.39 is 12.1 Å². The molecule has 19 heavy (non-hydrogen) atoms. The molecule has 2 nitrogen and oxygen atoms in total. The van der Waals surface area contributed by atoms with Gasteiger partial charge in [-0.2, -0.15) is 13.2 Å². The maximum absolute atomic E-state index is 12.8. The summed E-state index contributed by atoms with van der Waals surface area (Å²) >= 11 is 0. The Morgan fingerprint density at radius 3 is 2.68 bits per heavy atom. The summed E-state index contributed by atoms with van der Waals surface area (Å²) in [5.41, 5.74) is 0.186. The maximum atomic E-state index is 12.8. The fourth-order valence-corrected chi connectivity index (χ4v) is 3.52. The molecule has 0 aromatic carbocycles. The van der Waals surface area contributed by atoms with Crippen molar-refractivity contribution in [2.75, 3.05) is 32.7 Å². The van der Waals surface area contributed by atoms with Crippen molar-refractivity contribution in [3.05, 3.63) is 0 Å². The van der Waals surface area contributed by atoms with Gasteiger partial charge in [0.2, 0.25) is 0 Å². The van der Waals surface area contributed by atoms with Gasteiger partial charge in [0, 0.05) is 19.6 Å². The van der Waals surface area contributed by atoms with E-state index in [-0.39, 0.29) is 12.0 Å². The normalized spacial score (nSPS) is 34.4. The van der Waals surface area contributed by atoms with Crippen molar-refractivity contribution in [1.29, 1.82) is 0 Å². The molecule has 2 fully saturated rings. The molecular formula is C14H25F3N2. The van der Waals surface area contributed by atoms with Gasteiger partial charge in [0.25, 0.3) is 0 Å². The van der Waals surface area contributed by atoms with E-state index in [0.717, 1.165) is 45.4 Å². The van der Waals surface area contributed by atoms with Crippen molar-refractivity contribution < 1.29 is 13.2 Å². The summed E-state index contributed by atoms with van der Waals surface area (Å²) in [6, 6.07) is 0. The first-order valence-electron chi connectivity index (χ1n) is 7.45. The van der Waals surface area contributed by atoms with E-state index in [0.29, 0.717) is 12.8 Å². The van der Waals surface area contributed by atoms with E-state index in [1.54, 1.807) is 0 Å². The zero-order valence-electron chi connectivity index (χ0n) is 11.7. The Kier molecular flexibility index (Phi) is 4.77. The molecular weight excluding hydrogens is 253 g/mol. The van der Waals surface area contributed by atoms with Gasteiger partial charge >= 0.3 is 6.18 Å². The Balaban J connectivity index is 1.94. The molecule has 2 aliphatic rings. The fourth-order valence-electron chi connectivity index (χ4n) is 3.52. The highest BCUT2D eigenvalue weighted by atomic mass is 19.4. The minimum Gasteiger partial charge on any atom is -0.316 e. The Bertz CT molecular complexity index is 285. The monoisotopic (exact) mass is 278 g/mol. The van der Waals surface area contributed by atoms with Crippen LogP contribution in [0.2, 0.25) is 0 Å². The molecule has 0 saturated carbocycles. The first kappa shape index (κ1) is 15.1. The van der Waals surface area contributed by atoms with E-state index in [1.165, 1.54) is 0 Å². The summed E-state index contributed by atoms with van der Waals surface area (Å²) in [7, 11) is 0. The van der Waals surface area contributed by atoms with Gasteiger partial charge in [-0.3, -0.25) is 0 Å². The van der Waals surface area contributed by atoms with Crippen molar-refractivity contribution in [3.8, 4) is 0 Å². The number of nitrogens with zero attached hydrogens (tertiary/aromatic N) is 1. The summed E-state index contributed by atoms with van der Waals surface area (Å²) in [5, 5.41) is 3.41. The summed E-state index contributed by atoms with van der Waals surface area (Å²) in [6.45, 7) is 6.02. The third kappa shape index (κ3) is 3.85. The van der Waals surface area contributed by atoms with Crippen LogP contribution in [-0.2, 0) is 0 Å². The Hall–Kier alpha value is -0.290. The van der Waals surface area contributed by atoms with E-state index in [1.807, 2.05) is 0 Å². The van der Waals surface area contributed by atoms with Crippen LogP contribution in [-0.4, -0.2) is 43.8 Å². The van der Waals surface area contributed by atoms with Crippen LogP contribution in [0.3, 0.4) is 0 Å². The quantitative estimate of drug-likeness (QED) is 0.853. The van der Waals surface area contributed by atoms with Crippen molar-refractivity contribution in [2.24, 2.45) is 11.3 Å². The second-order valence-electron chi connectivity index (χ2n) is 6.25. The molecule has 0 aromatic rings. The summed E-state index contributed by atoms with van der Waals surface area (Å²) in [5.74, 6) is -1.12. The highest BCUT2D eigenvalue weighted by Crippen LogP contribution is 2.36. The smallest absolute Gasteiger partial charge is 0.316 e. The molecule has 0 bridgehead atoms. The number of piperidine rings is 2. The average molecular weight is 278 g/mol. The predicted octanol–water partition coefficient (Wildman–Crippen LogP) is 3.04. The van der Waals surface area contributed by atoms with Gasteiger partial charge in [0.1, 0.15) is 0 Å². The lowest BCUT2D eigenvalue weighted by molar-refractivity contribution is -0.188. The van der Waals surface area contributed by atoms with E-state index in [2.05, 4.69) is 17.1 Å². The summed E-state index contributed by atoms with van der Waals surface area (Å²) < 4.78 is 38.5. The van der Waals surface area contributed by atoms with Crippen LogP contribution in [0, 0.1) is 11.3 Å². The Labute approximate surface area is 113 Å². The van der Waals surface area contributed by atoms with Crippen LogP contribution in [0.1, 0.15) is 39.0 Å². The lowest BCUT2D eigenvalue weighted by Gasteiger charge is -2.43. The highest BCUT2D eigenvalue weighted by molar-refractivity contribution is 4.89. The van der Waals surface area contributed by atoms with E-state index in [4.69, 9.17) is 0 Å². The minimum atomic E-state index is -4.02. The van der Waals surface area contributed by atoms with Crippen molar-refractivity contribution in [3.63, 3.8) is 0 Å². The second kappa shape index (κ2) is 6.00. The van der Waals surface area contributed by atoms with Crippen LogP contribution >= 0.6 is 0 Å². The first-order valence-corrected chi connectivity index (χ1v) is 7.45. The zero-order chi connectivity index (χ0) is 13.9. The Morgan fingerprint density at radius 1 is 1.32 bits per heavy atom. The molecule has 0 amide bonds. The van der Waals surface area contributed by atoms with Gasteiger partial charge in [0.05, 0.1) is 5.92 Å². The fraction of sp³-hybridized carbons (Fsp3) is 1.00. The first-order chi connectivity index (χ1) is 8.95. The van der Waals surface area contributed by atoms with Crippen LogP contribution < -0.4 is 5.32 Å². The van der Waals surface area contributed by atoms with Gasteiger partial charge in [0.15, 0.2) is 0 Å². The van der Waals surface area contributed by atoms with Crippen LogP contribution in [0.25, 0.3) is 0 Å². The predicted molar refractivity (Wildman–Crippen MR) is 70.0 cm³/mol. The lowest BCUT2D eigenvalue weighted by atomic mass is 9.77. The third-order valence-corrected chi connectivity index (χ3v) is 4.84. The van der Waals surface area contributed by atoms with E-state index >= 15 is 0 Å². The second-order valence-corrected chi connectivity index (χ2v) is 6.25. The number of hydrogen-bond acceptors (Lipinski definition) is 2. The molecule has 1 N–H and O–H groups in total. The topological polar surface area (TPSA) is 15.3 Å². The van der Waals surface area contributed by atoms with Crippen molar-refractivity contribution >= 4 is 0 Å². The number of rotatable bonds is 3. The molecule has 2 unspecified atom stereocenters. The number of likely N-dealkylation sites (tertiary alicyclic amines) is 1. The largest absolute Gasteiger partial charge is 0.393 e. The molecule has 2 rings (SSSR count). The van der Waals surface area contributed by atoms with Crippen LogP contribution in [0.4, 0.5) is 13.2 Å².